The average molecular weight is 212 g/mol. The van der Waals surface area contributed by atoms with Crippen LogP contribution in [0, 0.1) is 6.92 Å². The number of ether oxygens (including phenoxy) is 1. The van der Waals surface area contributed by atoms with Crippen LogP contribution in [0.3, 0.4) is 0 Å². The second-order valence-electron chi connectivity index (χ2n) is 4.01. The molecule has 1 aliphatic rings. The van der Waals surface area contributed by atoms with E-state index in [1.165, 1.54) is 12.8 Å². The Morgan fingerprint density at radius 2 is 1.80 bits per heavy atom. The molecule has 1 aliphatic heterocycles. The lowest BCUT2D eigenvalue weighted by Crippen LogP contribution is -2.40. The molecule has 0 atom stereocenters. The SMILES string of the molecule is [CH2]CCCCCCC(=O)N1CCOCC1. The molecule has 0 saturated carbocycles. The summed E-state index contributed by atoms with van der Waals surface area (Å²) in [5.74, 6) is 0.299. The molecule has 1 radical (unpaired) electrons. The first kappa shape index (κ1) is 12.5. The molecule has 0 aromatic carbocycles. The third kappa shape index (κ3) is 5.17. The highest BCUT2D eigenvalue weighted by Gasteiger charge is 2.15. The third-order valence-electron chi connectivity index (χ3n) is 2.75. The van der Waals surface area contributed by atoms with Crippen molar-refractivity contribution >= 4 is 5.91 Å². The van der Waals surface area contributed by atoms with Gasteiger partial charge in [0.2, 0.25) is 5.91 Å². The van der Waals surface area contributed by atoms with Gasteiger partial charge in [-0.05, 0) is 6.42 Å². The molecule has 0 N–H and O–H groups in total. The van der Waals surface area contributed by atoms with Crippen molar-refractivity contribution in [2.24, 2.45) is 0 Å². The quantitative estimate of drug-likeness (QED) is 0.630. The van der Waals surface area contributed by atoms with E-state index in [4.69, 9.17) is 4.74 Å². The Morgan fingerprint density at radius 3 is 2.47 bits per heavy atom. The van der Waals surface area contributed by atoms with Gasteiger partial charge in [-0.3, -0.25) is 4.79 Å². The zero-order chi connectivity index (χ0) is 10.9. The van der Waals surface area contributed by atoms with Crippen molar-refractivity contribution in [3.8, 4) is 0 Å². The monoisotopic (exact) mass is 212 g/mol. The molecule has 1 rings (SSSR count). The van der Waals surface area contributed by atoms with Crippen LogP contribution in [-0.2, 0) is 9.53 Å². The van der Waals surface area contributed by atoms with Crippen molar-refractivity contribution in [1.82, 2.24) is 4.90 Å². The largest absolute Gasteiger partial charge is 0.378 e. The molecule has 1 amide bonds. The van der Waals surface area contributed by atoms with E-state index in [1.807, 2.05) is 4.90 Å². The van der Waals surface area contributed by atoms with Gasteiger partial charge in [-0.25, -0.2) is 0 Å². The molecule has 1 heterocycles. The van der Waals surface area contributed by atoms with Gasteiger partial charge in [-0.2, -0.15) is 0 Å². The summed E-state index contributed by atoms with van der Waals surface area (Å²) < 4.78 is 5.21. The maximum atomic E-state index is 11.7. The van der Waals surface area contributed by atoms with E-state index in [-0.39, 0.29) is 0 Å². The molecular weight excluding hydrogens is 190 g/mol. The first-order chi connectivity index (χ1) is 7.34. The van der Waals surface area contributed by atoms with Crippen molar-refractivity contribution in [2.75, 3.05) is 26.3 Å². The van der Waals surface area contributed by atoms with E-state index in [0.717, 1.165) is 32.4 Å². The van der Waals surface area contributed by atoms with E-state index in [2.05, 4.69) is 6.92 Å². The number of rotatable bonds is 6. The summed E-state index contributed by atoms with van der Waals surface area (Å²) in [4.78, 5) is 13.6. The fourth-order valence-electron chi connectivity index (χ4n) is 1.78. The number of unbranched alkanes of at least 4 members (excludes halogenated alkanes) is 4. The topological polar surface area (TPSA) is 29.5 Å². The standard InChI is InChI=1S/C12H22NO2/c1-2-3-4-5-6-7-12(14)13-8-10-15-11-9-13/h1-11H2. The molecule has 0 aromatic heterocycles. The van der Waals surface area contributed by atoms with Crippen LogP contribution in [0.25, 0.3) is 0 Å². The van der Waals surface area contributed by atoms with Crippen LogP contribution in [0.2, 0.25) is 0 Å². The van der Waals surface area contributed by atoms with E-state index in [9.17, 15) is 4.79 Å². The van der Waals surface area contributed by atoms with E-state index in [0.29, 0.717) is 25.5 Å². The van der Waals surface area contributed by atoms with Crippen molar-refractivity contribution < 1.29 is 9.53 Å². The van der Waals surface area contributed by atoms with E-state index in [1.54, 1.807) is 0 Å². The lowest BCUT2D eigenvalue weighted by molar-refractivity contribution is -0.135. The Bertz CT molecular complexity index is 176. The highest BCUT2D eigenvalue weighted by Crippen LogP contribution is 2.07. The molecule has 1 saturated heterocycles. The zero-order valence-corrected chi connectivity index (χ0v) is 9.54. The average Bonchev–Trinajstić information content (AvgIpc) is 2.30. The van der Waals surface area contributed by atoms with Crippen molar-refractivity contribution in [2.45, 2.75) is 38.5 Å². The summed E-state index contributed by atoms with van der Waals surface area (Å²) in [5.41, 5.74) is 0. The van der Waals surface area contributed by atoms with Crippen LogP contribution in [0.4, 0.5) is 0 Å². The summed E-state index contributed by atoms with van der Waals surface area (Å²) in [6.45, 7) is 6.76. The Balaban J connectivity index is 2.02. The van der Waals surface area contributed by atoms with Crippen LogP contribution < -0.4 is 0 Å². The number of nitrogens with zero attached hydrogens (tertiary/aromatic N) is 1. The van der Waals surface area contributed by atoms with Gasteiger partial charge < -0.3 is 9.64 Å². The maximum absolute atomic E-state index is 11.7. The summed E-state index contributed by atoms with van der Waals surface area (Å²) in [6, 6.07) is 0. The van der Waals surface area contributed by atoms with Crippen molar-refractivity contribution in [1.29, 1.82) is 0 Å². The molecule has 15 heavy (non-hydrogen) atoms. The molecular formula is C12H22NO2. The fraction of sp³-hybridized carbons (Fsp3) is 0.833. The molecule has 87 valence electrons. The van der Waals surface area contributed by atoms with Crippen molar-refractivity contribution in [3.05, 3.63) is 6.92 Å². The van der Waals surface area contributed by atoms with Gasteiger partial charge in [0, 0.05) is 19.5 Å². The molecule has 0 unspecified atom stereocenters. The molecule has 0 aromatic rings. The smallest absolute Gasteiger partial charge is 0.222 e. The molecule has 0 aliphatic carbocycles. The number of amides is 1. The third-order valence-corrected chi connectivity index (χ3v) is 2.75. The molecule has 3 heteroatoms. The number of carbonyl (C=O) groups is 1. The molecule has 0 bridgehead atoms. The Morgan fingerprint density at radius 1 is 1.13 bits per heavy atom. The van der Waals surface area contributed by atoms with Gasteiger partial charge >= 0.3 is 0 Å². The van der Waals surface area contributed by atoms with Crippen molar-refractivity contribution in [3.63, 3.8) is 0 Å². The highest BCUT2D eigenvalue weighted by atomic mass is 16.5. The van der Waals surface area contributed by atoms with Crippen LogP contribution >= 0.6 is 0 Å². The number of morpholine rings is 1. The number of hydrogen-bond acceptors (Lipinski definition) is 2. The van der Waals surface area contributed by atoms with Gasteiger partial charge in [0.1, 0.15) is 0 Å². The Labute approximate surface area is 92.8 Å². The summed E-state index contributed by atoms with van der Waals surface area (Å²) in [7, 11) is 0. The minimum absolute atomic E-state index is 0.299. The number of carbonyl (C=O) groups excluding carboxylic acids is 1. The van der Waals surface area contributed by atoms with Crippen LogP contribution in [0.15, 0.2) is 0 Å². The first-order valence-corrected chi connectivity index (χ1v) is 5.99. The van der Waals surface area contributed by atoms with Gasteiger partial charge in [-0.15, -0.1) is 0 Å². The van der Waals surface area contributed by atoms with Gasteiger partial charge in [0.25, 0.3) is 0 Å². The van der Waals surface area contributed by atoms with Crippen LogP contribution in [0.1, 0.15) is 38.5 Å². The van der Waals surface area contributed by atoms with E-state index < -0.39 is 0 Å². The first-order valence-electron chi connectivity index (χ1n) is 5.99. The second kappa shape index (κ2) is 7.69. The minimum Gasteiger partial charge on any atom is -0.378 e. The number of hydrogen-bond donors (Lipinski definition) is 0. The molecule has 1 fully saturated rings. The fourth-order valence-corrected chi connectivity index (χ4v) is 1.78. The second-order valence-corrected chi connectivity index (χ2v) is 4.01. The van der Waals surface area contributed by atoms with Gasteiger partial charge in [0.05, 0.1) is 13.2 Å². The molecule has 0 spiro atoms. The minimum atomic E-state index is 0.299. The van der Waals surface area contributed by atoms with Gasteiger partial charge in [0.15, 0.2) is 0 Å². The zero-order valence-electron chi connectivity index (χ0n) is 9.54. The molecule has 3 nitrogen and oxygen atoms in total. The highest BCUT2D eigenvalue weighted by molar-refractivity contribution is 5.76. The predicted octanol–water partition coefficient (Wildman–Crippen LogP) is 2.02. The lowest BCUT2D eigenvalue weighted by atomic mass is 10.1. The summed E-state index contributed by atoms with van der Waals surface area (Å²) in [6.07, 6.45) is 6.29. The Kier molecular flexibility index (Phi) is 6.41. The van der Waals surface area contributed by atoms with Crippen LogP contribution in [-0.4, -0.2) is 37.1 Å². The van der Waals surface area contributed by atoms with Crippen LogP contribution in [0.5, 0.6) is 0 Å². The Hall–Kier alpha value is -0.570. The predicted molar refractivity (Wildman–Crippen MR) is 60.5 cm³/mol. The normalized spacial score (nSPS) is 16.7. The maximum Gasteiger partial charge on any atom is 0.222 e. The van der Waals surface area contributed by atoms with E-state index >= 15 is 0 Å². The summed E-state index contributed by atoms with van der Waals surface area (Å²) >= 11 is 0. The lowest BCUT2D eigenvalue weighted by Gasteiger charge is -2.26. The van der Waals surface area contributed by atoms with Gasteiger partial charge in [-0.1, -0.05) is 32.6 Å². The summed E-state index contributed by atoms with van der Waals surface area (Å²) in [5, 5.41) is 0.